The number of benzene rings is 2. The number of rotatable bonds is 5. The summed E-state index contributed by atoms with van der Waals surface area (Å²) in [5, 5.41) is 3.01. The molecule has 3 aromatic rings. The van der Waals surface area contributed by atoms with Crippen molar-refractivity contribution >= 4 is 11.6 Å². The number of carbonyl (C=O) groups excluding carboxylic acids is 1. The number of nitrogens with one attached hydrogen (secondary N) is 1. The predicted molar refractivity (Wildman–Crippen MR) is 112 cm³/mol. The Morgan fingerprint density at radius 2 is 1.54 bits per heavy atom. The summed E-state index contributed by atoms with van der Waals surface area (Å²) in [5.74, 6) is 1.06. The smallest absolute Gasteiger partial charge is 0.257 e. The Morgan fingerprint density at radius 1 is 0.893 bits per heavy atom. The Kier molecular flexibility index (Phi) is 5.45. The summed E-state index contributed by atoms with van der Waals surface area (Å²) in [5.41, 5.74) is 6.41. The van der Waals surface area contributed by atoms with E-state index in [-0.39, 0.29) is 5.91 Å². The molecule has 1 N–H and O–H groups in total. The Morgan fingerprint density at radius 3 is 2.18 bits per heavy atom. The van der Waals surface area contributed by atoms with Gasteiger partial charge in [-0.1, -0.05) is 18.2 Å². The molecule has 0 unspecified atom stereocenters. The van der Waals surface area contributed by atoms with Gasteiger partial charge in [-0.2, -0.15) is 0 Å². The molecule has 0 radical (unpaired) electrons. The Balaban J connectivity index is 1.97. The quantitative estimate of drug-likeness (QED) is 0.681. The SMILES string of the molecule is COc1cc(C)c(NC(=O)c2cc(C)n(-c3ccccc3C)c2C)cc1OC. The summed E-state index contributed by atoms with van der Waals surface area (Å²) >= 11 is 0. The number of ether oxygens (including phenoxy) is 2. The average Bonchev–Trinajstić information content (AvgIpc) is 2.97. The van der Waals surface area contributed by atoms with Crippen LogP contribution in [-0.2, 0) is 0 Å². The monoisotopic (exact) mass is 378 g/mol. The minimum absolute atomic E-state index is 0.150. The molecule has 2 aromatic carbocycles. The van der Waals surface area contributed by atoms with Crippen LogP contribution in [0.3, 0.4) is 0 Å². The maximum Gasteiger partial charge on any atom is 0.257 e. The fraction of sp³-hybridized carbons (Fsp3) is 0.261. The molecular formula is C23H26N2O3. The van der Waals surface area contributed by atoms with E-state index >= 15 is 0 Å². The van der Waals surface area contributed by atoms with Gasteiger partial charge >= 0.3 is 0 Å². The first-order valence-corrected chi connectivity index (χ1v) is 9.16. The van der Waals surface area contributed by atoms with Crippen LogP contribution in [0.5, 0.6) is 11.5 Å². The first kappa shape index (κ1) is 19.5. The number of hydrogen-bond donors (Lipinski definition) is 1. The fourth-order valence-corrected chi connectivity index (χ4v) is 3.48. The third-order valence-electron chi connectivity index (χ3n) is 5.01. The Hall–Kier alpha value is -3.21. The van der Waals surface area contributed by atoms with Crippen LogP contribution in [0, 0.1) is 27.7 Å². The number of carbonyl (C=O) groups is 1. The molecule has 1 aromatic heterocycles. The standard InChI is InChI=1S/C23H26N2O3/c1-14-9-7-8-10-20(14)25-16(3)12-18(17(25)4)23(26)24-19-13-22(28-6)21(27-5)11-15(19)2/h7-13H,1-6H3,(H,24,26). The maximum absolute atomic E-state index is 13.0. The van der Waals surface area contributed by atoms with Crippen molar-refractivity contribution in [3.63, 3.8) is 0 Å². The summed E-state index contributed by atoms with van der Waals surface area (Å²) in [6.07, 6.45) is 0. The van der Waals surface area contributed by atoms with Gasteiger partial charge in [-0.3, -0.25) is 4.79 Å². The summed E-state index contributed by atoms with van der Waals surface area (Å²) in [7, 11) is 3.17. The number of nitrogens with zero attached hydrogens (tertiary/aromatic N) is 1. The highest BCUT2D eigenvalue weighted by molar-refractivity contribution is 6.06. The minimum Gasteiger partial charge on any atom is -0.493 e. The van der Waals surface area contributed by atoms with Crippen LogP contribution in [-0.4, -0.2) is 24.7 Å². The van der Waals surface area contributed by atoms with E-state index in [4.69, 9.17) is 9.47 Å². The van der Waals surface area contributed by atoms with Gasteiger partial charge in [-0.25, -0.2) is 0 Å². The summed E-state index contributed by atoms with van der Waals surface area (Å²) in [6.45, 7) is 7.98. The second-order valence-electron chi connectivity index (χ2n) is 6.88. The highest BCUT2D eigenvalue weighted by Crippen LogP contribution is 2.33. The molecule has 0 saturated heterocycles. The van der Waals surface area contributed by atoms with Crippen LogP contribution in [0.1, 0.15) is 32.9 Å². The second kappa shape index (κ2) is 7.80. The van der Waals surface area contributed by atoms with E-state index in [2.05, 4.69) is 28.9 Å². The first-order valence-electron chi connectivity index (χ1n) is 9.16. The molecule has 0 saturated carbocycles. The van der Waals surface area contributed by atoms with Crippen molar-refractivity contribution in [2.24, 2.45) is 0 Å². The largest absolute Gasteiger partial charge is 0.493 e. The van der Waals surface area contributed by atoms with E-state index < -0.39 is 0 Å². The highest BCUT2D eigenvalue weighted by atomic mass is 16.5. The number of para-hydroxylation sites is 1. The van der Waals surface area contributed by atoms with Gasteiger partial charge in [0.2, 0.25) is 0 Å². The van der Waals surface area contributed by atoms with Crippen molar-refractivity contribution in [2.45, 2.75) is 27.7 Å². The normalized spacial score (nSPS) is 10.6. The number of aryl methyl sites for hydroxylation is 3. The molecule has 0 bridgehead atoms. The molecular weight excluding hydrogens is 352 g/mol. The van der Waals surface area contributed by atoms with E-state index in [1.807, 2.05) is 45.0 Å². The van der Waals surface area contributed by atoms with E-state index in [9.17, 15) is 4.79 Å². The molecule has 146 valence electrons. The van der Waals surface area contributed by atoms with Crippen LogP contribution in [0.4, 0.5) is 5.69 Å². The van der Waals surface area contributed by atoms with Gasteiger partial charge < -0.3 is 19.4 Å². The van der Waals surface area contributed by atoms with Gasteiger partial charge in [0.15, 0.2) is 11.5 Å². The van der Waals surface area contributed by atoms with Gasteiger partial charge in [0.25, 0.3) is 5.91 Å². The average molecular weight is 378 g/mol. The van der Waals surface area contributed by atoms with Crippen molar-refractivity contribution in [3.8, 4) is 17.2 Å². The number of hydrogen-bond acceptors (Lipinski definition) is 3. The highest BCUT2D eigenvalue weighted by Gasteiger charge is 2.19. The molecule has 5 heteroatoms. The van der Waals surface area contributed by atoms with Crippen molar-refractivity contribution < 1.29 is 14.3 Å². The molecule has 0 fully saturated rings. The maximum atomic E-state index is 13.0. The van der Waals surface area contributed by atoms with E-state index in [0.29, 0.717) is 22.7 Å². The minimum atomic E-state index is -0.150. The molecule has 0 spiro atoms. The zero-order chi connectivity index (χ0) is 20.4. The summed E-state index contributed by atoms with van der Waals surface area (Å²) in [6, 6.07) is 13.7. The van der Waals surface area contributed by atoms with E-state index in [0.717, 1.165) is 28.2 Å². The van der Waals surface area contributed by atoms with Gasteiger partial charge in [0.1, 0.15) is 0 Å². The Bertz CT molecular complexity index is 1030. The molecule has 0 aliphatic heterocycles. The van der Waals surface area contributed by atoms with Crippen LogP contribution in [0.15, 0.2) is 42.5 Å². The number of anilines is 1. The van der Waals surface area contributed by atoms with Gasteiger partial charge in [0.05, 0.1) is 19.8 Å². The van der Waals surface area contributed by atoms with Crippen LogP contribution in [0.25, 0.3) is 5.69 Å². The van der Waals surface area contributed by atoms with Crippen LogP contribution >= 0.6 is 0 Å². The van der Waals surface area contributed by atoms with Gasteiger partial charge in [0, 0.05) is 28.8 Å². The molecule has 0 atom stereocenters. The van der Waals surface area contributed by atoms with E-state index in [1.54, 1.807) is 20.3 Å². The molecule has 3 rings (SSSR count). The van der Waals surface area contributed by atoms with E-state index in [1.165, 1.54) is 0 Å². The lowest BCUT2D eigenvalue weighted by Gasteiger charge is -2.14. The first-order chi connectivity index (χ1) is 13.4. The molecule has 5 nitrogen and oxygen atoms in total. The van der Waals surface area contributed by atoms with Crippen LogP contribution in [0.2, 0.25) is 0 Å². The fourth-order valence-electron chi connectivity index (χ4n) is 3.48. The lowest BCUT2D eigenvalue weighted by atomic mass is 10.1. The number of aromatic nitrogens is 1. The zero-order valence-electron chi connectivity index (χ0n) is 17.2. The van der Waals surface area contributed by atoms with Gasteiger partial charge in [-0.05, 0) is 57.0 Å². The molecule has 1 amide bonds. The predicted octanol–water partition coefficient (Wildman–Crippen LogP) is 4.98. The summed E-state index contributed by atoms with van der Waals surface area (Å²) < 4.78 is 12.8. The zero-order valence-corrected chi connectivity index (χ0v) is 17.2. The van der Waals surface area contributed by atoms with Crippen molar-refractivity contribution in [1.29, 1.82) is 0 Å². The van der Waals surface area contributed by atoms with Gasteiger partial charge in [-0.15, -0.1) is 0 Å². The second-order valence-corrected chi connectivity index (χ2v) is 6.88. The molecule has 0 aliphatic rings. The third kappa shape index (κ3) is 3.48. The Labute approximate surface area is 165 Å². The van der Waals surface area contributed by atoms with Crippen molar-refractivity contribution in [2.75, 3.05) is 19.5 Å². The third-order valence-corrected chi connectivity index (χ3v) is 5.01. The molecule has 0 aliphatic carbocycles. The number of methoxy groups -OCH3 is 2. The molecule has 1 heterocycles. The van der Waals surface area contributed by atoms with Crippen molar-refractivity contribution in [1.82, 2.24) is 4.57 Å². The van der Waals surface area contributed by atoms with Crippen molar-refractivity contribution in [3.05, 3.63) is 70.5 Å². The topological polar surface area (TPSA) is 52.5 Å². The lowest BCUT2D eigenvalue weighted by Crippen LogP contribution is -2.14. The molecule has 28 heavy (non-hydrogen) atoms. The lowest BCUT2D eigenvalue weighted by molar-refractivity contribution is 0.102. The number of amides is 1. The summed E-state index contributed by atoms with van der Waals surface area (Å²) in [4.78, 5) is 13.0. The van der Waals surface area contributed by atoms with Crippen LogP contribution < -0.4 is 14.8 Å².